The minimum Gasteiger partial charge on any atom is -0.356 e. The molecule has 0 saturated carbocycles. The number of benzene rings is 2. The third-order valence-corrected chi connectivity index (χ3v) is 5.07. The van der Waals surface area contributed by atoms with Gasteiger partial charge in [-0.05, 0) is 36.8 Å². The highest BCUT2D eigenvalue weighted by atomic mass is 32.1. The molecule has 3 rings (SSSR count). The zero-order chi connectivity index (χ0) is 21.3. The molecular formula is C22H25N5O2S. The molecule has 0 aliphatic rings. The number of aromatic amines is 1. The molecule has 0 saturated heterocycles. The molecule has 1 heterocycles. The Hall–Kier alpha value is -3.26. The Morgan fingerprint density at radius 2 is 1.77 bits per heavy atom. The molecule has 0 spiro atoms. The Kier molecular flexibility index (Phi) is 7.51. The summed E-state index contributed by atoms with van der Waals surface area (Å²) in [7, 11) is 0. The fraction of sp³-hybridized carbons (Fsp3) is 0.273. The fourth-order valence-corrected chi connectivity index (χ4v) is 3.49. The molecule has 1 aromatic heterocycles. The SMILES string of the molecule is CCn1c(CCNC(=O)CC(NC(=O)c2ccccc2)c2ccccc2)n[nH]c1=S. The van der Waals surface area contributed by atoms with E-state index < -0.39 is 6.04 Å². The van der Waals surface area contributed by atoms with E-state index in [1.54, 1.807) is 12.1 Å². The third kappa shape index (κ3) is 5.64. The summed E-state index contributed by atoms with van der Waals surface area (Å²) in [5.74, 6) is 0.449. The number of H-pyrrole nitrogens is 1. The van der Waals surface area contributed by atoms with Crippen LogP contribution in [0.2, 0.25) is 0 Å². The number of carbonyl (C=O) groups excluding carboxylic acids is 2. The second-order valence-corrected chi connectivity index (χ2v) is 7.18. The number of rotatable bonds is 9. The quantitative estimate of drug-likeness (QED) is 0.461. The predicted molar refractivity (Wildman–Crippen MR) is 118 cm³/mol. The van der Waals surface area contributed by atoms with Crippen LogP contribution < -0.4 is 10.6 Å². The van der Waals surface area contributed by atoms with Gasteiger partial charge in [0.25, 0.3) is 5.91 Å². The summed E-state index contributed by atoms with van der Waals surface area (Å²) >= 11 is 5.18. The third-order valence-electron chi connectivity index (χ3n) is 4.76. The molecule has 0 fully saturated rings. The number of hydrogen-bond donors (Lipinski definition) is 3. The molecule has 30 heavy (non-hydrogen) atoms. The Labute approximate surface area is 180 Å². The summed E-state index contributed by atoms with van der Waals surface area (Å²) in [5.41, 5.74) is 1.44. The largest absolute Gasteiger partial charge is 0.356 e. The highest BCUT2D eigenvalue weighted by Crippen LogP contribution is 2.17. The molecule has 156 valence electrons. The Bertz CT molecular complexity index is 1030. The van der Waals surface area contributed by atoms with Crippen molar-refractivity contribution in [2.75, 3.05) is 6.54 Å². The molecule has 2 amide bonds. The molecule has 3 aromatic rings. The van der Waals surface area contributed by atoms with Gasteiger partial charge in [0.05, 0.1) is 12.5 Å². The lowest BCUT2D eigenvalue weighted by atomic mass is 10.0. The fourth-order valence-electron chi connectivity index (χ4n) is 3.21. The average Bonchev–Trinajstić information content (AvgIpc) is 3.13. The van der Waals surface area contributed by atoms with Gasteiger partial charge in [0, 0.05) is 25.1 Å². The van der Waals surface area contributed by atoms with E-state index in [9.17, 15) is 9.59 Å². The summed E-state index contributed by atoms with van der Waals surface area (Å²) in [6.07, 6.45) is 0.711. The van der Waals surface area contributed by atoms with Crippen LogP contribution in [0.15, 0.2) is 60.7 Å². The topological polar surface area (TPSA) is 91.8 Å². The first-order chi connectivity index (χ1) is 14.6. The molecule has 3 N–H and O–H groups in total. The van der Waals surface area contributed by atoms with Crippen LogP contribution in [0.1, 0.15) is 41.1 Å². The normalized spacial score (nSPS) is 11.6. The van der Waals surface area contributed by atoms with Gasteiger partial charge in [-0.25, -0.2) is 0 Å². The van der Waals surface area contributed by atoms with Gasteiger partial charge >= 0.3 is 0 Å². The van der Waals surface area contributed by atoms with Crippen LogP contribution in [-0.2, 0) is 17.8 Å². The lowest BCUT2D eigenvalue weighted by molar-refractivity contribution is -0.121. The summed E-state index contributed by atoms with van der Waals surface area (Å²) < 4.78 is 2.47. The number of nitrogens with zero attached hydrogens (tertiary/aromatic N) is 2. The van der Waals surface area contributed by atoms with E-state index in [1.165, 1.54) is 0 Å². The van der Waals surface area contributed by atoms with Crippen LogP contribution in [0.3, 0.4) is 0 Å². The number of nitrogens with one attached hydrogen (secondary N) is 3. The Morgan fingerprint density at radius 3 is 2.43 bits per heavy atom. The highest BCUT2D eigenvalue weighted by Gasteiger charge is 2.19. The van der Waals surface area contributed by atoms with Gasteiger partial charge in [0.1, 0.15) is 5.82 Å². The highest BCUT2D eigenvalue weighted by molar-refractivity contribution is 7.71. The lowest BCUT2D eigenvalue weighted by Gasteiger charge is -2.19. The number of carbonyl (C=O) groups is 2. The number of hydrogen-bond acceptors (Lipinski definition) is 4. The van der Waals surface area contributed by atoms with E-state index in [2.05, 4.69) is 20.8 Å². The predicted octanol–water partition coefficient (Wildman–Crippen LogP) is 3.18. The van der Waals surface area contributed by atoms with Crippen LogP contribution in [0.5, 0.6) is 0 Å². The average molecular weight is 424 g/mol. The van der Waals surface area contributed by atoms with Crippen molar-refractivity contribution in [3.63, 3.8) is 0 Å². The molecular weight excluding hydrogens is 398 g/mol. The standard InChI is InChI=1S/C22H25N5O2S/c1-2-27-19(25-26-22(27)30)13-14-23-20(28)15-18(16-9-5-3-6-10-16)24-21(29)17-11-7-4-8-12-17/h3-12,18H,2,13-15H2,1H3,(H,23,28)(H,24,29)(H,26,30). The van der Waals surface area contributed by atoms with Gasteiger partial charge in [-0.3, -0.25) is 14.7 Å². The summed E-state index contributed by atoms with van der Waals surface area (Å²) in [5, 5.41) is 12.9. The smallest absolute Gasteiger partial charge is 0.251 e. The van der Waals surface area contributed by atoms with Crippen molar-refractivity contribution in [1.29, 1.82) is 0 Å². The number of aromatic nitrogens is 3. The van der Waals surface area contributed by atoms with Crippen molar-refractivity contribution in [2.45, 2.75) is 32.4 Å². The van der Waals surface area contributed by atoms with Crippen molar-refractivity contribution in [3.05, 3.63) is 82.4 Å². The molecule has 0 aliphatic heterocycles. The van der Waals surface area contributed by atoms with Gasteiger partial charge in [-0.15, -0.1) is 0 Å². The van der Waals surface area contributed by atoms with Crippen molar-refractivity contribution in [3.8, 4) is 0 Å². The monoisotopic (exact) mass is 423 g/mol. The van der Waals surface area contributed by atoms with Crippen molar-refractivity contribution < 1.29 is 9.59 Å². The first-order valence-corrected chi connectivity index (χ1v) is 10.3. The zero-order valence-electron chi connectivity index (χ0n) is 16.8. The Morgan fingerprint density at radius 1 is 1.10 bits per heavy atom. The van der Waals surface area contributed by atoms with Crippen molar-refractivity contribution in [1.82, 2.24) is 25.4 Å². The first kappa shape index (κ1) is 21.4. The molecule has 7 nitrogen and oxygen atoms in total. The summed E-state index contributed by atoms with van der Waals surface area (Å²) in [4.78, 5) is 25.2. The van der Waals surface area contributed by atoms with Crippen molar-refractivity contribution >= 4 is 24.0 Å². The van der Waals surface area contributed by atoms with Crippen LogP contribution in [0.25, 0.3) is 0 Å². The molecule has 8 heteroatoms. The van der Waals surface area contributed by atoms with Crippen LogP contribution in [0.4, 0.5) is 0 Å². The van der Waals surface area contributed by atoms with Gasteiger partial charge in [-0.2, -0.15) is 5.10 Å². The van der Waals surface area contributed by atoms with Gasteiger partial charge in [0.2, 0.25) is 5.91 Å². The van der Waals surface area contributed by atoms with Crippen LogP contribution in [-0.4, -0.2) is 33.1 Å². The number of amides is 2. The summed E-state index contributed by atoms with van der Waals surface area (Å²) in [6.45, 7) is 3.15. The minimum absolute atomic E-state index is 0.142. The Balaban J connectivity index is 1.61. The molecule has 1 unspecified atom stereocenters. The first-order valence-electron chi connectivity index (χ1n) is 9.90. The molecule has 0 radical (unpaired) electrons. The van der Waals surface area contributed by atoms with E-state index in [-0.39, 0.29) is 18.2 Å². The molecule has 0 aliphatic carbocycles. The lowest BCUT2D eigenvalue weighted by Crippen LogP contribution is -2.34. The second-order valence-electron chi connectivity index (χ2n) is 6.80. The van der Waals surface area contributed by atoms with E-state index in [0.717, 1.165) is 17.9 Å². The van der Waals surface area contributed by atoms with Gasteiger partial charge in [0.15, 0.2) is 4.77 Å². The van der Waals surface area contributed by atoms with Crippen LogP contribution in [0, 0.1) is 4.77 Å². The van der Waals surface area contributed by atoms with E-state index in [0.29, 0.717) is 23.3 Å². The maximum atomic E-state index is 12.6. The molecule has 0 bridgehead atoms. The minimum atomic E-state index is -0.427. The zero-order valence-corrected chi connectivity index (χ0v) is 17.6. The second kappa shape index (κ2) is 10.5. The summed E-state index contributed by atoms with van der Waals surface area (Å²) in [6, 6.07) is 18.0. The van der Waals surface area contributed by atoms with Gasteiger partial charge in [-0.1, -0.05) is 48.5 Å². The van der Waals surface area contributed by atoms with E-state index in [1.807, 2.05) is 60.0 Å². The molecule has 2 aromatic carbocycles. The maximum absolute atomic E-state index is 12.6. The van der Waals surface area contributed by atoms with E-state index in [4.69, 9.17) is 12.2 Å². The van der Waals surface area contributed by atoms with E-state index >= 15 is 0 Å². The van der Waals surface area contributed by atoms with Crippen molar-refractivity contribution in [2.24, 2.45) is 0 Å². The molecule has 1 atom stereocenters. The van der Waals surface area contributed by atoms with Crippen LogP contribution >= 0.6 is 12.2 Å². The maximum Gasteiger partial charge on any atom is 0.251 e. The van der Waals surface area contributed by atoms with Gasteiger partial charge < -0.3 is 15.2 Å².